The van der Waals surface area contributed by atoms with E-state index in [1.54, 1.807) is 60.8 Å². The van der Waals surface area contributed by atoms with Crippen LogP contribution in [-0.2, 0) is 14.6 Å². The van der Waals surface area contributed by atoms with Crippen molar-refractivity contribution in [1.82, 2.24) is 4.98 Å². The van der Waals surface area contributed by atoms with Crippen molar-refractivity contribution in [3.8, 4) is 11.1 Å². The van der Waals surface area contributed by atoms with E-state index in [9.17, 15) is 13.2 Å². The number of carboxylic acid groups (broad SMARTS) is 1. The van der Waals surface area contributed by atoms with Gasteiger partial charge in [0.1, 0.15) is 5.71 Å². The van der Waals surface area contributed by atoms with Gasteiger partial charge in [-0.25, -0.2) is 13.2 Å². The van der Waals surface area contributed by atoms with Gasteiger partial charge in [-0.15, -0.1) is 0 Å². The number of nitrogens with zero attached hydrogens (tertiary/aromatic N) is 1. The van der Waals surface area contributed by atoms with Crippen molar-refractivity contribution in [3.63, 3.8) is 0 Å². The van der Waals surface area contributed by atoms with Crippen LogP contribution in [0.2, 0.25) is 5.02 Å². The molecular weight excluding hydrogens is 438 g/mol. The second-order valence-corrected chi connectivity index (χ2v) is 9.04. The first kappa shape index (κ1) is 22.2. The molecule has 158 valence electrons. The van der Waals surface area contributed by atoms with Crippen LogP contribution in [-0.4, -0.2) is 36.4 Å². The summed E-state index contributed by atoms with van der Waals surface area (Å²) in [6.07, 6.45) is 3.84. The summed E-state index contributed by atoms with van der Waals surface area (Å²) in [4.78, 5) is 15.7. The Balaban J connectivity index is 1.99. The molecule has 31 heavy (non-hydrogen) atoms. The van der Waals surface area contributed by atoms with Crippen LogP contribution in [0.3, 0.4) is 0 Å². The number of pyridine rings is 1. The van der Waals surface area contributed by atoms with Gasteiger partial charge in [0.15, 0.2) is 9.84 Å². The summed E-state index contributed by atoms with van der Waals surface area (Å²) in [5.41, 5.74) is 1.91. The summed E-state index contributed by atoms with van der Waals surface area (Å²) in [6, 6.07) is 16.8. The number of benzene rings is 2. The van der Waals surface area contributed by atoms with Crippen LogP contribution >= 0.6 is 11.6 Å². The number of rotatable bonds is 7. The number of carbonyl (C=O) groups is 1. The molecule has 1 heterocycles. The van der Waals surface area contributed by atoms with Crippen molar-refractivity contribution < 1.29 is 18.3 Å². The molecule has 0 amide bonds. The van der Waals surface area contributed by atoms with E-state index in [1.165, 1.54) is 6.07 Å². The lowest BCUT2D eigenvalue weighted by molar-refractivity contribution is -0.129. The zero-order valence-electron chi connectivity index (χ0n) is 16.3. The Hall–Kier alpha value is -3.49. The van der Waals surface area contributed by atoms with Gasteiger partial charge in [0.05, 0.1) is 27.0 Å². The average Bonchev–Trinajstić information content (AvgIpc) is 2.74. The zero-order chi connectivity index (χ0) is 22.6. The van der Waals surface area contributed by atoms with E-state index in [4.69, 9.17) is 22.1 Å². The Kier molecular flexibility index (Phi) is 6.53. The summed E-state index contributed by atoms with van der Waals surface area (Å²) in [7, 11) is -3.35. The number of nitrogens with one attached hydrogen (secondary N) is 2. The molecule has 0 radical (unpaired) electrons. The number of hydrogen-bond donors (Lipinski definition) is 3. The second-order valence-electron chi connectivity index (χ2n) is 6.61. The SMILES string of the molecule is CS(=O)(=O)c1cccc(-c2ccc(/C(=C/C(=N)C(=O)O)Nc3ccccc3Cl)nc2)c1. The third kappa shape index (κ3) is 5.56. The molecule has 0 fully saturated rings. The van der Waals surface area contributed by atoms with Gasteiger partial charge in [0, 0.05) is 18.0 Å². The maximum Gasteiger partial charge on any atom is 0.353 e. The molecule has 3 aromatic rings. The molecule has 0 saturated heterocycles. The molecular formula is C22H18ClN3O4S. The third-order valence-corrected chi connectivity index (χ3v) is 5.74. The molecule has 0 aliphatic rings. The number of anilines is 1. The van der Waals surface area contributed by atoms with E-state index in [1.807, 2.05) is 0 Å². The van der Waals surface area contributed by atoms with Crippen molar-refractivity contribution in [3.05, 3.63) is 83.7 Å². The molecule has 0 aliphatic carbocycles. The largest absolute Gasteiger partial charge is 0.477 e. The van der Waals surface area contributed by atoms with E-state index in [2.05, 4.69) is 10.3 Å². The lowest BCUT2D eigenvalue weighted by Gasteiger charge is -2.13. The Bertz CT molecular complexity index is 1290. The van der Waals surface area contributed by atoms with Gasteiger partial charge < -0.3 is 10.4 Å². The molecule has 2 aromatic carbocycles. The second kappa shape index (κ2) is 9.11. The molecule has 0 spiro atoms. The molecule has 1 aromatic heterocycles. The van der Waals surface area contributed by atoms with E-state index < -0.39 is 21.5 Å². The first-order valence-corrected chi connectivity index (χ1v) is 11.2. The number of para-hydroxylation sites is 1. The van der Waals surface area contributed by atoms with Gasteiger partial charge in [0.25, 0.3) is 0 Å². The first-order valence-electron chi connectivity index (χ1n) is 8.97. The zero-order valence-corrected chi connectivity index (χ0v) is 17.9. The van der Waals surface area contributed by atoms with Crippen molar-refractivity contribution in [1.29, 1.82) is 5.41 Å². The number of aliphatic carboxylic acids is 1. The summed E-state index contributed by atoms with van der Waals surface area (Å²) < 4.78 is 23.6. The number of aromatic nitrogens is 1. The molecule has 0 bridgehead atoms. The molecule has 0 aliphatic heterocycles. The fourth-order valence-electron chi connectivity index (χ4n) is 2.72. The Labute approximate surface area is 184 Å². The number of halogens is 1. The minimum absolute atomic E-state index is 0.199. The van der Waals surface area contributed by atoms with Crippen LogP contribution in [0.15, 0.2) is 77.8 Å². The maximum atomic E-state index is 11.8. The molecule has 0 saturated carbocycles. The standard InChI is InChI=1S/C22H18ClN3O4S/c1-31(29,30)16-6-4-5-14(11-16)15-9-10-20(25-13-15)21(12-18(24)22(27)28)26-19-8-3-2-7-17(19)23/h2-13,24,26H,1H3,(H,27,28)/b21-12-,24-18?. The molecule has 7 nitrogen and oxygen atoms in total. The highest BCUT2D eigenvalue weighted by Crippen LogP contribution is 2.27. The summed E-state index contributed by atoms with van der Waals surface area (Å²) in [6.45, 7) is 0. The normalized spacial score (nSPS) is 11.7. The monoisotopic (exact) mass is 455 g/mol. The number of sulfone groups is 1. The van der Waals surface area contributed by atoms with Crippen molar-refractivity contribution >= 4 is 44.5 Å². The van der Waals surface area contributed by atoms with Crippen LogP contribution in [0.4, 0.5) is 5.69 Å². The number of carboxylic acids is 1. The highest BCUT2D eigenvalue weighted by atomic mass is 35.5. The predicted octanol–water partition coefficient (Wildman–Crippen LogP) is 4.36. The van der Waals surface area contributed by atoms with Crippen LogP contribution < -0.4 is 5.32 Å². The van der Waals surface area contributed by atoms with E-state index >= 15 is 0 Å². The van der Waals surface area contributed by atoms with E-state index in [-0.39, 0.29) is 10.6 Å². The van der Waals surface area contributed by atoms with Gasteiger partial charge >= 0.3 is 5.97 Å². The summed E-state index contributed by atoms with van der Waals surface area (Å²) in [5.74, 6) is -1.38. The third-order valence-electron chi connectivity index (χ3n) is 4.30. The molecule has 3 N–H and O–H groups in total. The van der Waals surface area contributed by atoms with Gasteiger partial charge in [0.2, 0.25) is 0 Å². The van der Waals surface area contributed by atoms with Crippen molar-refractivity contribution in [2.24, 2.45) is 0 Å². The summed E-state index contributed by atoms with van der Waals surface area (Å²) >= 11 is 6.18. The van der Waals surface area contributed by atoms with E-state index in [0.717, 1.165) is 12.3 Å². The maximum absolute atomic E-state index is 11.8. The Morgan fingerprint density at radius 3 is 2.45 bits per heavy atom. The fraction of sp³-hybridized carbons (Fsp3) is 0.0455. The minimum Gasteiger partial charge on any atom is -0.477 e. The van der Waals surface area contributed by atoms with Gasteiger partial charge in [-0.2, -0.15) is 0 Å². The quantitative estimate of drug-likeness (QED) is 0.455. The summed E-state index contributed by atoms with van der Waals surface area (Å²) in [5, 5.41) is 20.2. The van der Waals surface area contributed by atoms with Crippen LogP contribution in [0, 0.1) is 5.41 Å². The molecule has 3 rings (SSSR count). The first-order chi connectivity index (χ1) is 14.6. The predicted molar refractivity (Wildman–Crippen MR) is 121 cm³/mol. The minimum atomic E-state index is -3.35. The average molecular weight is 456 g/mol. The lowest BCUT2D eigenvalue weighted by Crippen LogP contribution is -2.11. The van der Waals surface area contributed by atoms with Gasteiger partial charge in [-0.05, 0) is 42.0 Å². The highest BCUT2D eigenvalue weighted by Gasteiger charge is 2.12. The van der Waals surface area contributed by atoms with Gasteiger partial charge in [-0.3, -0.25) is 10.4 Å². The molecule has 9 heteroatoms. The number of hydrogen-bond acceptors (Lipinski definition) is 6. The van der Waals surface area contributed by atoms with Crippen LogP contribution in [0.5, 0.6) is 0 Å². The van der Waals surface area contributed by atoms with Crippen molar-refractivity contribution in [2.45, 2.75) is 4.90 Å². The Morgan fingerprint density at radius 1 is 1.10 bits per heavy atom. The van der Waals surface area contributed by atoms with Crippen LogP contribution in [0.25, 0.3) is 16.8 Å². The lowest BCUT2D eigenvalue weighted by atomic mass is 10.1. The van der Waals surface area contributed by atoms with Crippen LogP contribution in [0.1, 0.15) is 5.69 Å². The topological polar surface area (TPSA) is 120 Å². The highest BCUT2D eigenvalue weighted by molar-refractivity contribution is 7.90. The smallest absolute Gasteiger partial charge is 0.353 e. The van der Waals surface area contributed by atoms with E-state index in [0.29, 0.717) is 27.5 Å². The van der Waals surface area contributed by atoms with Gasteiger partial charge in [-0.1, -0.05) is 41.9 Å². The van der Waals surface area contributed by atoms with Crippen molar-refractivity contribution in [2.75, 3.05) is 11.6 Å². The molecule has 0 unspecified atom stereocenters. The fourth-order valence-corrected chi connectivity index (χ4v) is 3.57. The molecule has 0 atom stereocenters. The Morgan fingerprint density at radius 2 is 1.84 bits per heavy atom.